The van der Waals surface area contributed by atoms with E-state index in [1.807, 2.05) is 30.5 Å². The summed E-state index contributed by atoms with van der Waals surface area (Å²) in [7, 11) is 0. The van der Waals surface area contributed by atoms with Gasteiger partial charge in [-0.2, -0.15) is 0 Å². The van der Waals surface area contributed by atoms with E-state index in [2.05, 4.69) is 19.9 Å². The van der Waals surface area contributed by atoms with E-state index in [1.165, 1.54) is 23.9 Å². The minimum absolute atomic E-state index is 0.210. The first-order valence-electron chi connectivity index (χ1n) is 10.1. The second kappa shape index (κ2) is 8.47. The van der Waals surface area contributed by atoms with Crippen molar-refractivity contribution in [2.75, 3.05) is 18.1 Å². The van der Waals surface area contributed by atoms with E-state index in [0.717, 1.165) is 53.7 Å². The number of nitrogens with one attached hydrogen (secondary N) is 1. The lowest BCUT2D eigenvalue weighted by Crippen LogP contribution is -2.17. The van der Waals surface area contributed by atoms with Gasteiger partial charge in [0.25, 0.3) is 0 Å². The number of fused-ring (bicyclic) bond motifs is 1. The SMILES string of the molecule is CSc1nccc(-c2c(-c3ccc(F)cc3)nc3n2[C@H](CNc2ccccn2)CC3)n1. The standard InChI is InChI=1S/C23H21FN6S/c1-31-23-26-13-11-18(28-23)22-21(15-5-7-16(24)8-6-15)29-20-10-9-17(30(20)22)14-27-19-4-2-3-12-25-19/h2-8,11-13,17H,9-10,14H2,1H3,(H,25,27)/t17-/m0/s1. The zero-order chi connectivity index (χ0) is 21.2. The lowest BCUT2D eigenvalue weighted by molar-refractivity contribution is 0.557. The normalized spacial score (nSPS) is 15.1. The summed E-state index contributed by atoms with van der Waals surface area (Å²) in [5.74, 6) is 1.61. The minimum Gasteiger partial charge on any atom is -0.368 e. The summed E-state index contributed by atoms with van der Waals surface area (Å²) < 4.78 is 15.8. The third kappa shape index (κ3) is 3.90. The summed E-state index contributed by atoms with van der Waals surface area (Å²) >= 11 is 1.50. The van der Waals surface area contributed by atoms with Crippen LogP contribution in [0.4, 0.5) is 10.2 Å². The molecule has 3 aromatic heterocycles. The molecule has 1 aliphatic rings. The van der Waals surface area contributed by atoms with Crippen LogP contribution in [0.1, 0.15) is 18.3 Å². The van der Waals surface area contributed by atoms with E-state index >= 15 is 0 Å². The molecule has 0 saturated carbocycles. The summed E-state index contributed by atoms with van der Waals surface area (Å²) in [5, 5.41) is 4.15. The molecule has 0 spiro atoms. The lowest BCUT2D eigenvalue weighted by atomic mass is 10.1. The first kappa shape index (κ1) is 19.7. The average Bonchev–Trinajstić information content (AvgIpc) is 3.38. The van der Waals surface area contributed by atoms with Crippen LogP contribution in [0.5, 0.6) is 0 Å². The van der Waals surface area contributed by atoms with E-state index in [-0.39, 0.29) is 11.9 Å². The number of halogens is 1. The largest absolute Gasteiger partial charge is 0.368 e. The molecule has 0 radical (unpaired) electrons. The van der Waals surface area contributed by atoms with Gasteiger partial charge in [0.1, 0.15) is 17.5 Å². The molecule has 0 bridgehead atoms. The van der Waals surface area contributed by atoms with Crippen LogP contribution >= 0.6 is 11.8 Å². The van der Waals surface area contributed by atoms with Crippen LogP contribution in [0.3, 0.4) is 0 Å². The molecule has 5 rings (SSSR count). The average molecular weight is 433 g/mol. The van der Waals surface area contributed by atoms with Crippen LogP contribution in [0.2, 0.25) is 0 Å². The number of benzene rings is 1. The Morgan fingerprint density at radius 2 is 1.94 bits per heavy atom. The highest BCUT2D eigenvalue weighted by atomic mass is 32.2. The van der Waals surface area contributed by atoms with Gasteiger partial charge in [-0.3, -0.25) is 0 Å². The van der Waals surface area contributed by atoms with Gasteiger partial charge in [0.15, 0.2) is 5.16 Å². The first-order chi connectivity index (χ1) is 15.2. The third-order valence-electron chi connectivity index (χ3n) is 5.41. The molecular weight excluding hydrogens is 411 g/mol. The molecule has 4 heterocycles. The number of nitrogens with zero attached hydrogens (tertiary/aromatic N) is 5. The topological polar surface area (TPSA) is 68.5 Å². The fourth-order valence-electron chi connectivity index (χ4n) is 3.98. The van der Waals surface area contributed by atoms with Gasteiger partial charge in [-0.1, -0.05) is 17.8 Å². The van der Waals surface area contributed by atoms with Gasteiger partial charge in [-0.25, -0.2) is 24.3 Å². The summed E-state index contributed by atoms with van der Waals surface area (Å²) in [4.78, 5) is 18.4. The van der Waals surface area contributed by atoms with Crippen LogP contribution in [0, 0.1) is 5.82 Å². The van der Waals surface area contributed by atoms with Crippen LogP contribution in [0.25, 0.3) is 22.6 Å². The second-order valence-corrected chi connectivity index (χ2v) is 8.09. The highest BCUT2D eigenvalue weighted by molar-refractivity contribution is 7.98. The Morgan fingerprint density at radius 1 is 1.06 bits per heavy atom. The second-order valence-electron chi connectivity index (χ2n) is 7.32. The molecule has 4 aromatic rings. The molecule has 1 aromatic carbocycles. The van der Waals surface area contributed by atoms with Crippen LogP contribution in [0.15, 0.2) is 66.1 Å². The Bertz CT molecular complexity index is 1190. The fraction of sp³-hybridized carbons (Fsp3) is 0.217. The van der Waals surface area contributed by atoms with E-state index in [1.54, 1.807) is 24.5 Å². The van der Waals surface area contributed by atoms with Gasteiger partial charge in [0.2, 0.25) is 0 Å². The van der Waals surface area contributed by atoms with Crippen molar-refractivity contribution in [2.45, 2.75) is 24.0 Å². The molecule has 31 heavy (non-hydrogen) atoms. The monoisotopic (exact) mass is 432 g/mol. The van der Waals surface area contributed by atoms with Crippen molar-refractivity contribution in [3.05, 3.63) is 72.6 Å². The Morgan fingerprint density at radius 3 is 2.71 bits per heavy atom. The maximum Gasteiger partial charge on any atom is 0.187 e. The minimum atomic E-state index is -0.263. The third-order valence-corrected chi connectivity index (χ3v) is 5.97. The quantitative estimate of drug-likeness (QED) is 0.347. The number of anilines is 1. The van der Waals surface area contributed by atoms with Crippen LogP contribution in [-0.2, 0) is 6.42 Å². The lowest BCUT2D eigenvalue weighted by Gasteiger charge is -2.18. The molecule has 1 N–H and O–H groups in total. The number of aromatic nitrogens is 5. The van der Waals surface area contributed by atoms with Crippen molar-refractivity contribution in [1.29, 1.82) is 0 Å². The van der Waals surface area contributed by atoms with Crippen molar-refractivity contribution in [2.24, 2.45) is 0 Å². The van der Waals surface area contributed by atoms with E-state index in [0.29, 0.717) is 5.16 Å². The van der Waals surface area contributed by atoms with Crippen molar-refractivity contribution >= 4 is 17.6 Å². The summed E-state index contributed by atoms with van der Waals surface area (Å²) in [6.45, 7) is 0.733. The highest BCUT2D eigenvalue weighted by Gasteiger charge is 2.30. The van der Waals surface area contributed by atoms with Gasteiger partial charge in [-0.15, -0.1) is 0 Å². The Labute approximate surface area is 184 Å². The maximum atomic E-state index is 13.5. The number of aryl methyl sites for hydroxylation is 1. The first-order valence-corrected chi connectivity index (χ1v) is 11.3. The van der Waals surface area contributed by atoms with E-state index in [9.17, 15) is 4.39 Å². The predicted octanol–water partition coefficient (Wildman–Crippen LogP) is 4.86. The summed E-state index contributed by atoms with van der Waals surface area (Å²) in [6.07, 6.45) is 7.38. The molecule has 0 aliphatic carbocycles. The highest BCUT2D eigenvalue weighted by Crippen LogP contribution is 2.39. The number of pyridine rings is 1. The van der Waals surface area contributed by atoms with Gasteiger partial charge < -0.3 is 9.88 Å². The van der Waals surface area contributed by atoms with Gasteiger partial charge in [0.05, 0.1) is 23.1 Å². The Hall–Kier alpha value is -3.26. The molecule has 0 unspecified atom stereocenters. The van der Waals surface area contributed by atoms with E-state index < -0.39 is 0 Å². The van der Waals surface area contributed by atoms with Crippen molar-refractivity contribution in [3.63, 3.8) is 0 Å². The predicted molar refractivity (Wildman–Crippen MR) is 121 cm³/mol. The molecule has 1 aliphatic heterocycles. The zero-order valence-corrected chi connectivity index (χ0v) is 17.8. The molecule has 0 saturated heterocycles. The fourth-order valence-corrected chi connectivity index (χ4v) is 4.34. The molecule has 6 nitrogen and oxygen atoms in total. The van der Waals surface area contributed by atoms with Gasteiger partial charge in [-0.05, 0) is 55.1 Å². The number of rotatable bonds is 6. The van der Waals surface area contributed by atoms with Crippen molar-refractivity contribution < 1.29 is 4.39 Å². The van der Waals surface area contributed by atoms with E-state index in [4.69, 9.17) is 9.97 Å². The number of thioether (sulfide) groups is 1. The summed E-state index contributed by atoms with van der Waals surface area (Å²) in [5.41, 5.74) is 3.47. The number of hydrogen-bond donors (Lipinski definition) is 1. The smallest absolute Gasteiger partial charge is 0.187 e. The molecule has 156 valence electrons. The number of imidazole rings is 1. The number of hydrogen-bond acceptors (Lipinski definition) is 6. The van der Waals surface area contributed by atoms with Gasteiger partial charge >= 0.3 is 0 Å². The van der Waals surface area contributed by atoms with Crippen LogP contribution < -0.4 is 5.32 Å². The zero-order valence-electron chi connectivity index (χ0n) is 17.0. The molecule has 8 heteroatoms. The Kier molecular flexibility index (Phi) is 5.38. The molecule has 0 fully saturated rings. The molecule has 0 amide bonds. The van der Waals surface area contributed by atoms with Crippen LogP contribution in [-0.4, -0.2) is 37.3 Å². The summed E-state index contributed by atoms with van der Waals surface area (Å²) in [6, 6.07) is 14.4. The van der Waals surface area contributed by atoms with Crippen molar-refractivity contribution in [1.82, 2.24) is 24.5 Å². The maximum absolute atomic E-state index is 13.5. The molecule has 1 atom stereocenters. The molecular formula is C23H21FN6S. The Balaban J connectivity index is 1.58. The van der Waals surface area contributed by atoms with Gasteiger partial charge in [0, 0.05) is 30.9 Å². The van der Waals surface area contributed by atoms with Crippen molar-refractivity contribution in [3.8, 4) is 22.6 Å².